The van der Waals surface area contributed by atoms with Crippen LogP contribution in [0.2, 0.25) is 0 Å². The Morgan fingerprint density at radius 2 is 2.05 bits per heavy atom. The second-order valence-electron chi connectivity index (χ2n) is 4.89. The lowest BCUT2D eigenvalue weighted by Gasteiger charge is -2.07. The van der Waals surface area contributed by atoms with Crippen molar-refractivity contribution in [3.8, 4) is 0 Å². The summed E-state index contributed by atoms with van der Waals surface area (Å²) in [5.74, 6) is 0.0290. The average Bonchev–Trinajstić information content (AvgIpc) is 2.47. The molecule has 1 amide bonds. The van der Waals surface area contributed by atoms with Gasteiger partial charge in [-0.15, -0.1) is 0 Å². The van der Waals surface area contributed by atoms with E-state index in [1.54, 1.807) is 30.3 Å². The van der Waals surface area contributed by atoms with Crippen molar-refractivity contribution in [3.63, 3.8) is 0 Å². The highest BCUT2D eigenvalue weighted by atomic mass is 16.4. The normalized spacial score (nSPS) is 10.6. The van der Waals surface area contributed by atoms with Gasteiger partial charge in [0.25, 0.3) is 5.91 Å². The van der Waals surface area contributed by atoms with Gasteiger partial charge in [0.15, 0.2) is 0 Å². The predicted molar refractivity (Wildman–Crippen MR) is 83.8 cm³/mol. The SMILES string of the molecule is Cc1cc(=O)oc2cc(NC(=O)c3ccc(N)nc3)ccc12. The van der Waals surface area contributed by atoms with Crippen LogP contribution in [-0.4, -0.2) is 10.9 Å². The average molecular weight is 295 g/mol. The molecule has 0 aliphatic rings. The van der Waals surface area contributed by atoms with Crippen LogP contribution in [0.4, 0.5) is 11.5 Å². The Morgan fingerprint density at radius 1 is 1.23 bits per heavy atom. The van der Waals surface area contributed by atoms with Gasteiger partial charge in [0.1, 0.15) is 11.4 Å². The second-order valence-corrected chi connectivity index (χ2v) is 4.89. The molecule has 0 unspecified atom stereocenters. The van der Waals surface area contributed by atoms with Gasteiger partial charge in [-0.05, 0) is 36.8 Å². The number of aromatic nitrogens is 1. The van der Waals surface area contributed by atoms with Crippen molar-refractivity contribution in [1.29, 1.82) is 0 Å². The number of nitrogen functional groups attached to an aromatic ring is 1. The molecule has 0 fully saturated rings. The number of nitrogens with two attached hydrogens (primary N) is 1. The zero-order chi connectivity index (χ0) is 15.7. The molecule has 6 nitrogen and oxygen atoms in total. The van der Waals surface area contributed by atoms with Crippen molar-refractivity contribution in [2.75, 3.05) is 11.1 Å². The highest BCUT2D eigenvalue weighted by molar-refractivity contribution is 6.04. The molecule has 3 aromatic rings. The summed E-state index contributed by atoms with van der Waals surface area (Å²) >= 11 is 0. The van der Waals surface area contributed by atoms with E-state index in [0.29, 0.717) is 22.7 Å². The molecule has 0 radical (unpaired) electrons. The van der Waals surface area contributed by atoms with Crippen molar-refractivity contribution in [2.24, 2.45) is 0 Å². The van der Waals surface area contributed by atoms with Crippen LogP contribution >= 0.6 is 0 Å². The molecule has 3 rings (SSSR count). The van der Waals surface area contributed by atoms with Crippen LogP contribution in [0.15, 0.2) is 51.8 Å². The molecule has 3 N–H and O–H groups in total. The Bertz CT molecular complexity index is 914. The Hall–Kier alpha value is -3.15. The van der Waals surface area contributed by atoms with E-state index in [2.05, 4.69) is 10.3 Å². The molecule has 0 atom stereocenters. The van der Waals surface area contributed by atoms with Gasteiger partial charge >= 0.3 is 5.63 Å². The molecule has 0 saturated carbocycles. The van der Waals surface area contributed by atoms with Crippen LogP contribution < -0.4 is 16.7 Å². The second kappa shape index (κ2) is 5.33. The zero-order valence-electron chi connectivity index (χ0n) is 11.8. The lowest BCUT2D eigenvalue weighted by atomic mass is 10.1. The number of hydrogen-bond acceptors (Lipinski definition) is 5. The van der Waals surface area contributed by atoms with Crippen LogP contribution in [0.1, 0.15) is 15.9 Å². The number of aryl methyl sites for hydroxylation is 1. The van der Waals surface area contributed by atoms with Gasteiger partial charge in [0, 0.05) is 29.4 Å². The lowest BCUT2D eigenvalue weighted by Crippen LogP contribution is -2.12. The number of benzene rings is 1. The zero-order valence-corrected chi connectivity index (χ0v) is 11.8. The van der Waals surface area contributed by atoms with Crippen molar-refractivity contribution in [3.05, 3.63) is 64.1 Å². The van der Waals surface area contributed by atoms with Gasteiger partial charge in [0.2, 0.25) is 0 Å². The summed E-state index contributed by atoms with van der Waals surface area (Å²) < 4.78 is 5.15. The fraction of sp³-hybridized carbons (Fsp3) is 0.0625. The first kappa shape index (κ1) is 13.8. The topological polar surface area (TPSA) is 98.2 Å². The van der Waals surface area contributed by atoms with Crippen molar-refractivity contribution < 1.29 is 9.21 Å². The van der Waals surface area contributed by atoms with Gasteiger partial charge < -0.3 is 15.5 Å². The van der Waals surface area contributed by atoms with Gasteiger partial charge in [-0.3, -0.25) is 4.79 Å². The molecule has 0 spiro atoms. The number of nitrogens with zero attached hydrogens (tertiary/aromatic N) is 1. The van der Waals surface area contributed by atoms with Crippen LogP contribution in [0.3, 0.4) is 0 Å². The highest BCUT2D eigenvalue weighted by Gasteiger charge is 2.08. The van der Waals surface area contributed by atoms with Crippen molar-refractivity contribution in [1.82, 2.24) is 4.98 Å². The minimum absolute atomic E-state index is 0.318. The molecule has 110 valence electrons. The molecule has 2 heterocycles. The summed E-state index contributed by atoms with van der Waals surface area (Å²) in [5, 5.41) is 3.55. The molecule has 1 aromatic carbocycles. The summed E-state index contributed by atoms with van der Waals surface area (Å²) in [6.07, 6.45) is 1.40. The van der Waals surface area contributed by atoms with E-state index in [0.717, 1.165) is 10.9 Å². The van der Waals surface area contributed by atoms with E-state index < -0.39 is 5.63 Å². The van der Waals surface area contributed by atoms with E-state index in [-0.39, 0.29) is 5.91 Å². The number of amides is 1. The van der Waals surface area contributed by atoms with Gasteiger partial charge in [-0.2, -0.15) is 0 Å². The van der Waals surface area contributed by atoms with Crippen molar-refractivity contribution >= 4 is 28.4 Å². The molecule has 0 aliphatic heterocycles. The lowest BCUT2D eigenvalue weighted by molar-refractivity contribution is 0.102. The summed E-state index contributed by atoms with van der Waals surface area (Å²) in [4.78, 5) is 27.4. The molecule has 0 aliphatic carbocycles. The van der Waals surface area contributed by atoms with Crippen LogP contribution in [-0.2, 0) is 0 Å². The minimum atomic E-state index is -0.420. The Morgan fingerprint density at radius 3 is 2.77 bits per heavy atom. The van der Waals surface area contributed by atoms with Crippen molar-refractivity contribution in [2.45, 2.75) is 6.92 Å². The third-order valence-electron chi connectivity index (χ3n) is 3.26. The molecule has 2 aromatic heterocycles. The quantitative estimate of drug-likeness (QED) is 0.707. The molecule has 6 heteroatoms. The predicted octanol–water partition coefficient (Wildman–Crippen LogP) is 2.33. The third-order valence-corrected chi connectivity index (χ3v) is 3.26. The van der Waals surface area contributed by atoms with E-state index in [1.165, 1.54) is 12.3 Å². The first-order valence-corrected chi connectivity index (χ1v) is 6.60. The monoisotopic (exact) mass is 295 g/mol. The number of hydrogen-bond donors (Lipinski definition) is 2. The van der Waals surface area contributed by atoms with Crippen LogP contribution in [0, 0.1) is 6.92 Å². The summed E-state index contributed by atoms with van der Waals surface area (Å²) in [6, 6.07) is 9.73. The van der Waals surface area contributed by atoms with Gasteiger partial charge in [0.05, 0.1) is 5.56 Å². The minimum Gasteiger partial charge on any atom is -0.423 e. The maximum absolute atomic E-state index is 12.1. The summed E-state index contributed by atoms with van der Waals surface area (Å²) in [5.41, 5.74) is 7.24. The van der Waals surface area contributed by atoms with Crippen LogP contribution in [0.25, 0.3) is 11.0 Å². The summed E-state index contributed by atoms with van der Waals surface area (Å²) in [7, 11) is 0. The molecule has 22 heavy (non-hydrogen) atoms. The molecule has 0 bridgehead atoms. The molecular formula is C16H13N3O3. The van der Waals surface area contributed by atoms with E-state index in [4.69, 9.17) is 10.2 Å². The molecule has 0 saturated heterocycles. The highest BCUT2D eigenvalue weighted by Crippen LogP contribution is 2.21. The van der Waals surface area contributed by atoms with E-state index in [9.17, 15) is 9.59 Å². The Kier molecular flexibility index (Phi) is 3.34. The number of pyridine rings is 1. The van der Waals surface area contributed by atoms with E-state index >= 15 is 0 Å². The fourth-order valence-electron chi connectivity index (χ4n) is 2.15. The number of rotatable bonds is 2. The fourth-order valence-corrected chi connectivity index (χ4v) is 2.15. The number of anilines is 2. The number of carbonyl (C=O) groups is 1. The smallest absolute Gasteiger partial charge is 0.336 e. The Labute approximate surface area is 125 Å². The number of fused-ring (bicyclic) bond motifs is 1. The first-order valence-electron chi connectivity index (χ1n) is 6.60. The van der Waals surface area contributed by atoms with Gasteiger partial charge in [-0.1, -0.05) is 0 Å². The van der Waals surface area contributed by atoms with Gasteiger partial charge in [-0.25, -0.2) is 9.78 Å². The first-order chi connectivity index (χ1) is 10.5. The van der Waals surface area contributed by atoms with E-state index in [1.807, 2.05) is 6.92 Å². The maximum Gasteiger partial charge on any atom is 0.336 e. The summed E-state index contributed by atoms with van der Waals surface area (Å²) in [6.45, 7) is 1.83. The number of nitrogens with one attached hydrogen (secondary N) is 1. The standard InChI is InChI=1S/C16H13N3O3/c1-9-6-15(20)22-13-7-11(3-4-12(9)13)19-16(21)10-2-5-14(17)18-8-10/h2-8H,1H3,(H2,17,18)(H,19,21). The van der Waals surface area contributed by atoms with Crippen LogP contribution in [0.5, 0.6) is 0 Å². The third kappa shape index (κ3) is 2.67. The number of carbonyl (C=O) groups excluding carboxylic acids is 1. The molecular weight excluding hydrogens is 282 g/mol. The maximum atomic E-state index is 12.1. The largest absolute Gasteiger partial charge is 0.423 e. The Balaban J connectivity index is 1.92.